The van der Waals surface area contributed by atoms with E-state index in [-0.39, 0.29) is 17.4 Å². The topological polar surface area (TPSA) is 100 Å². The third-order valence-electron chi connectivity index (χ3n) is 2.97. The maximum atomic E-state index is 12.4. The molecule has 0 saturated carbocycles. The van der Waals surface area contributed by atoms with E-state index in [1.807, 2.05) is 13.0 Å². The smallest absolute Gasteiger partial charge is 0.256 e. The maximum Gasteiger partial charge on any atom is 0.256 e. The van der Waals surface area contributed by atoms with Gasteiger partial charge in [0.2, 0.25) is 11.8 Å². The number of pyridine rings is 1. The molecule has 7 nitrogen and oxygen atoms in total. The molecule has 0 spiro atoms. The van der Waals surface area contributed by atoms with E-state index in [1.165, 1.54) is 26.0 Å². The van der Waals surface area contributed by atoms with Crippen molar-refractivity contribution in [1.82, 2.24) is 4.98 Å². The Balaban J connectivity index is 2.30. The average Bonchev–Trinajstić information content (AvgIpc) is 2.45. The number of carbonyl (C=O) groups excluding carboxylic acids is 3. The molecule has 0 unspecified atom stereocenters. The molecule has 0 fully saturated rings. The van der Waals surface area contributed by atoms with Crippen LogP contribution in [-0.4, -0.2) is 22.7 Å². The summed E-state index contributed by atoms with van der Waals surface area (Å²) in [6.45, 7) is 4.55. The second-order valence-corrected chi connectivity index (χ2v) is 5.28. The van der Waals surface area contributed by atoms with Crippen molar-refractivity contribution >= 4 is 34.9 Å². The summed E-state index contributed by atoms with van der Waals surface area (Å²) in [4.78, 5) is 39.1. The van der Waals surface area contributed by atoms with Gasteiger partial charge < -0.3 is 16.0 Å². The molecular formula is C17H18N4O3. The summed E-state index contributed by atoms with van der Waals surface area (Å²) in [5.41, 5.74) is 1.89. The molecule has 0 saturated heterocycles. The van der Waals surface area contributed by atoms with Gasteiger partial charge in [0, 0.05) is 36.5 Å². The molecule has 2 aromatic rings. The highest BCUT2D eigenvalue weighted by Gasteiger charge is 2.11. The number of benzene rings is 1. The van der Waals surface area contributed by atoms with Gasteiger partial charge in [0.1, 0.15) is 5.82 Å². The van der Waals surface area contributed by atoms with Gasteiger partial charge in [-0.2, -0.15) is 0 Å². The molecule has 0 bridgehead atoms. The number of anilines is 3. The number of aromatic nitrogens is 1. The standard InChI is InChI=1S/C17H18N4O3/c1-10-5-4-6-16(18-10)21-17(24)13-7-14(19-11(2)22)9-15(8-13)20-12(3)23/h4-9H,1-3H3,(H,19,22)(H,20,23)(H,18,21,24). The quantitative estimate of drug-likeness (QED) is 0.804. The Kier molecular flexibility index (Phi) is 5.26. The van der Waals surface area contributed by atoms with E-state index in [0.29, 0.717) is 17.2 Å². The zero-order valence-corrected chi connectivity index (χ0v) is 13.6. The number of amides is 3. The van der Waals surface area contributed by atoms with Gasteiger partial charge in [-0.25, -0.2) is 4.98 Å². The highest BCUT2D eigenvalue weighted by molar-refractivity contribution is 6.06. The number of rotatable bonds is 4. The predicted molar refractivity (Wildman–Crippen MR) is 92.0 cm³/mol. The van der Waals surface area contributed by atoms with E-state index >= 15 is 0 Å². The number of carbonyl (C=O) groups is 3. The van der Waals surface area contributed by atoms with Crippen LogP contribution in [0.25, 0.3) is 0 Å². The average molecular weight is 326 g/mol. The lowest BCUT2D eigenvalue weighted by Crippen LogP contribution is -2.15. The van der Waals surface area contributed by atoms with Crippen molar-refractivity contribution in [3.05, 3.63) is 47.7 Å². The molecule has 0 aliphatic heterocycles. The molecule has 0 aliphatic carbocycles. The Bertz CT molecular complexity index is 768. The van der Waals surface area contributed by atoms with E-state index in [9.17, 15) is 14.4 Å². The third-order valence-corrected chi connectivity index (χ3v) is 2.97. The van der Waals surface area contributed by atoms with Crippen LogP contribution in [0.2, 0.25) is 0 Å². The fourth-order valence-electron chi connectivity index (χ4n) is 2.11. The fraction of sp³-hybridized carbons (Fsp3) is 0.176. The molecule has 3 amide bonds. The number of hydrogen-bond donors (Lipinski definition) is 3. The molecule has 24 heavy (non-hydrogen) atoms. The summed E-state index contributed by atoms with van der Waals surface area (Å²) in [7, 11) is 0. The Morgan fingerprint density at radius 3 is 1.96 bits per heavy atom. The monoisotopic (exact) mass is 326 g/mol. The normalized spacial score (nSPS) is 9.96. The summed E-state index contributed by atoms with van der Waals surface area (Å²) >= 11 is 0. The minimum Gasteiger partial charge on any atom is -0.326 e. The lowest BCUT2D eigenvalue weighted by Gasteiger charge is -2.11. The molecule has 0 aliphatic rings. The molecule has 1 aromatic carbocycles. The summed E-state index contributed by atoms with van der Waals surface area (Å²) in [6.07, 6.45) is 0. The Morgan fingerprint density at radius 2 is 1.46 bits per heavy atom. The van der Waals surface area contributed by atoms with Crippen LogP contribution in [0.15, 0.2) is 36.4 Å². The summed E-state index contributed by atoms with van der Waals surface area (Å²) in [5, 5.41) is 7.89. The van der Waals surface area contributed by atoms with Crippen LogP contribution in [0.4, 0.5) is 17.2 Å². The Hall–Kier alpha value is -3.22. The summed E-state index contributed by atoms with van der Waals surface area (Å²) in [5.74, 6) is -0.527. The number of hydrogen-bond acceptors (Lipinski definition) is 4. The molecule has 0 radical (unpaired) electrons. The largest absolute Gasteiger partial charge is 0.326 e. The second-order valence-electron chi connectivity index (χ2n) is 5.28. The SMILES string of the molecule is CC(=O)Nc1cc(NC(C)=O)cc(C(=O)Nc2cccc(C)n2)c1. The molecule has 7 heteroatoms. The highest BCUT2D eigenvalue weighted by Crippen LogP contribution is 2.20. The van der Waals surface area contributed by atoms with Crippen LogP contribution in [0.1, 0.15) is 29.9 Å². The summed E-state index contributed by atoms with van der Waals surface area (Å²) < 4.78 is 0. The first-order chi connectivity index (χ1) is 11.3. The lowest BCUT2D eigenvalue weighted by atomic mass is 10.1. The van der Waals surface area contributed by atoms with Crippen LogP contribution >= 0.6 is 0 Å². The number of aryl methyl sites for hydroxylation is 1. The van der Waals surface area contributed by atoms with Crippen LogP contribution in [0, 0.1) is 6.92 Å². The Labute approximate surface area is 139 Å². The van der Waals surface area contributed by atoms with Crippen molar-refractivity contribution in [3.63, 3.8) is 0 Å². The third kappa shape index (κ3) is 4.91. The first-order valence-electron chi connectivity index (χ1n) is 7.29. The van der Waals surface area contributed by atoms with Crippen LogP contribution in [0.3, 0.4) is 0 Å². The van der Waals surface area contributed by atoms with E-state index in [0.717, 1.165) is 5.69 Å². The van der Waals surface area contributed by atoms with Gasteiger partial charge in [0.15, 0.2) is 0 Å². The number of nitrogens with one attached hydrogen (secondary N) is 3. The minimum atomic E-state index is -0.396. The van der Waals surface area contributed by atoms with Crippen molar-refractivity contribution in [2.75, 3.05) is 16.0 Å². The van der Waals surface area contributed by atoms with Crippen LogP contribution in [0.5, 0.6) is 0 Å². The van der Waals surface area contributed by atoms with Gasteiger partial charge in [0.25, 0.3) is 5.91 Å². The zero-order valence-electron chi connectivity index (χ0n) is 13.6. The van der Waals surface area contributed by atoms with Crippen molar-refractivity contribution < 1.29 is 14.4 Å². The molecule has 0 atom stereocenters. The van der Waals surface area contributed by atoms with Crippen molar-refractivity contribution in [1.29, 1.82) is 0 Å². The minimum absolute atomic E-state index is 0.276. The van der Waals surface area contributed by atoms with E-state index in [4.69, 9.17) is 0 Å². The first-order valence-corrected chi connectivity index (χ1v) is 7.29. The highest BCUT2D eigenvalue weighted by atomic mass is 16.2. The second kappa shape index (κ2) is 7.36. The molecule has 2 rings (SSSR count). The van der Waals surface area contributed by atoms with E-state index < -0.39 is 5.91 Å². The van der Waals surface area contributed by atoms with Crippen molar-refractivity contribution in [2.24, 2.45) is 0 Å². The van der Waals surface area contributed by atoms with Gasteiger partial charge in [-0.05, 0) is 37.3 Å². The van der Waals surface area contributed by atoms with Gasteiger partial charge in [-0.15, -0.1) is 0 Å². The lowest BCUT2D eigenvalue weighted by molar-refractivity contribution is -0.115. The Morgan fingerprint density at radius 1 is 0.875 bits per heavy atom. The van der Waals surface area contributed by atoms with Gasteiger partial charge in [-0.3, -0.25) is 14.4 Å². The van der Waals surface area contributed by atoms with Gasteiger partial charge in [-0.1, -0.05) is 6.07 Å². The molecule has 1 heterocycles. The first kappa shape index (κ1) is 17.1. The van der Waals surface area contributed by atoms with E-state index in [1.54, 1.807) is 18.2 Å². The van der Waals surface area contributed by atoms with Crippen molar-refractivity contribution in [3.8, 4) is 0 Å². The zero-order chi connectivity index (χ0) is 17.7. The van der Waals surface area contributed by atoms with Crippen molar-refractivity contribution in [2.45, 2.75) is 20.8 Å². The van der Waals surface area contributed by atoms with Crippen LogP contribution < -0.4 is 16.0 Å². The van der Waals surface area contributed by atoms with E-state index in [2.05, 4.69) is 20.9 Å². The molecule has 1 aromatic heterocycles. The van der Waals surface area contributed by atoms with Gasteiger partial charge in [0.05, 0.1) is 0 Å². The molecule has 3 N–H and O–H groups in total. The number of nitrogens with zero attached hydrogens (tertiary/aromatic N) is 1. The molecule has 124 valence electrons. The predicted octanol–water partition coefficient (Wildman–Crippen LogP) is 2.56. The summed E-state index contributed by atoms with van der Waals surface area (Å²) in [6, 6.07) is 9.91. The maximum absolute atomic E-state index is 12.4. The van der Waals surface area contributed by atoms with Gasteiger partial charge >= 0.3 is 0 Å². The fourth-order valence-corrected chi connectivity index (χ4v) is 2.11. The van der Waals surface area contributed by atoms with Crippen LogP contribution in [-0.2, 0) is 9.59 Å². The molecular weight excluding hydrogens is 308 g/mol.